The van der Waals surface area contributed by atoms with Crippen LogP contribution in [0.2, 0.25) is 0 Å². The predicted octanol–water partition coefficient (Wildman–Crippen LogP) is -0.656. The molecule has 0 saturated carbocycles. The van der Waals surface area contributed by atoms with Crippen molar-refractivity contribution in [2.24, 2.45) is 0 Å². The molecule has 1 rings (SSSR count). The van der Waals surface area contributed by atoms with Gasteiger partial charge in [-0.15, -0.1) is 0 Å². The number of nitrogens with one attached hydrogen (secondary N) is 1. The van der Waals surface area contributed by atoms with E-state index in [4.69, 9.17) is 9.84 Å². The van der Waals surface area contributed by atoms with Crippen LogP contribution in [0.15, 0.2) is 12.4 Å². The van der Waals surface area contributed by atoms with Gasteiger partial charge in [-0.2, -0.15) is 5.10 Å². The average molecular weight is 227 g/mol. The van der Waals surface area contributed by atoms with Crippen LogP contribution in [0.4, 0.5) is 0 Å². The van der Waals surface area contributed by atoms with Crippen LogP contribution in [0.3, 0.4) is 0 Å². The molecule has 0 saturated heterocycles. The van der Waals surface area contributed by atoms with Gasteiger partial charge in [0.05, 0.1) is 18.4 Å². The summed E-state index contributed by atoms with van der Waals surface area (Å²) in [7, 11) is 1.54. The second kappa shape index (κ2) is 5.86. The number of ether oxygens (including phenoxy) is 1. The Labute approximate surface area is 92.0 Å². The third-order valence-corrected chi connectivity index (χ3v) is 1.81. The number of carboxylic acid groups (broad SMARTS) is 1. The Hall–Kier alpha value is -1.89. The fraction of sp³-hybridized carbons (Fsp3) is 0.444. The van der Waals surface area contributed by atoms with Crippen LogP contribution >= 0.6 is 0 Å². The second-order valence-corrected chi connectivity index (χ2v) is 3.07. The van der Waals surface area contributed by atoms with Gasteiger partial charge < -0.3 is 15.2 Å². The summed E-state index contributed by atoms with van der Waals surface area (Å²) in [5.74, 6) is -1.30. The Morgan fingerprint density at radius 1 is 1.62 bits per heavy atom. The standard InChI is InChI=1S/C9H13N3O4/c1-16-3-2-10-8(13)6-12-5-7(4-11-12)9(14)15/h4-5H,2-3,6H2,1H3,(H,10,13)(H,14,15). The van der Waals surface area contributed by atoms with Crippen molar-refractivity contribution in [1.29, 1.82) is 0 Å². The van der Waals surface area contributed by atoms with Gasteiger partial charge in [0.1, 0.15) is 6.54 Å². The average Bonchev–Trinajstić information content (AvgIpc) is 2.66. The molecular formula is C9H13N3O4. The lowest BCUT2D eigenvalue weighted by molar-refractivity contribution is -0.122. The molecule has 0 bridgehead atoms. The van der Waals surface area contributed by atoms with Crippen LogP contribution in [0.25, 0.3) is 0 Å². The first-order valence-electron chi connectivity index (χ1n) is 4.65. The summed E-state index contributed by atoms with van der Waals surface area (Å²) in [6.45, 7) is 0.852. The SMILES string of the molecule is COCCNC(=O)Cn1cc(C(=O)O)cn1. The lowest BCUT2D eigenvalue weighted by Gasteiger charge is -2.03. The molecule has 0 unspecified atom stereocenters. The molecule has 0 radical (unpaired) electrons. The number of hydrogen-bond donors (Lipinski definition) is 2. The van der Waals surface area contributed by atoms with Crippen LogP contribution in [-0.2, 0) is 16.1 Å². The molecule has 7 heteroatoms. The Bertz CT molecular complexity index is 375. The van der Waals surface area contributed by atoms with E-state index in [1.54, 1.807) is 7.11 Å². The minimum atomic E-state index is -1.06. The summed E-state index contributed by atoms with van der Waals surface area (Å²) in [6, 6.07) is 0. The van der Waals surface area contributed by atoms with E-state index in [0.717, 1.165) is 0 Å². The summed E-state index contributed by atoms with van der Waals surface area (Å²) in [5.41, 5.74) is 0.0599. The molecule has 1 aromatic rings. The molecule has 1 aromatic heterocycles. The Morgan fingerprint density at radius 2 is 2.38 bits per heavy atom. The molecule has 0 aliphatic heterocycles. The van der Waals surface area contributed by atoms with Gasteiger partial charge in [-0.05, 0) is 0 Å². The van der Waals surface area contributed by atoms with Crippen molar-refractivity contribution in [2.75, 3.05) is 20.3 Å². The first-order valence-corrected chi connectivity index (χ1v) is 4.65. The summed E-state index contributed by atoms with van der Waals surface area (Å²) in [4.78, 5) is 21.8. The van der Waals surface area contributed by atoms with Crippen molar-refractivity contribution in [3.63, 3.8) is 0 Å². The van der Waals surface area contributed by atoms with E-state index >= 15 is 0 Å². The summed E-state index contributed by atoms with van der Waals surface area (Å²) >= 11 is 0. The molecule has 1 amide bonds. The minimum Gasteiger partial charge on any atom is -0.478 e. The van der Waals surface area contributed by atoms with E-state index in [9.17, 15) is 9.59 Å². The van der Waals surface area contributed by atoms with Gasteiger partial charge >= 0.3 is 5.97 Å². The maximum Gasteiger partial charge on any atom is 0.338 e. The molecule has 16 heavy (non-hydrogen) atoms. The summed E-state index contributed by atoms with van der Waals surface area (Å²) in [5, 5.41) is 15.0. The van der Waals surface area contributed by atoms with Crippen LogP contribution in [0.1, 0.15) is 10.4 Å². The number of amides is 1. The normalized spacial score (nSPS) is 10.1. The molecule has 7 nitrogen and oxygen atoms in total. The smallest absolute Gasteiger partial charge is 0.338 e. The van der Waals surface area contributed by atoms with Crippen molar-refractivity contribution < 1.29 is 19.4 Å². The molecule has 0 atom stereocenters. The third-order valence-electron chi connectivity index (χ3n) is 1.81. The third kappa shape index (κ3) is 3.70. The van der Waals surface area contributed by atoms with Crippen LogP contribution in [-0.4, -0.2) is 47.0 Å². The zero-order valence-corrected chi connectivity index (χ0v) is 8.84. The summed E-state index contributed by atoms with van der Waals surface area (Å²) < 4.78 is 6.03. The van der Waals surface area contributed by atoms with E-state index < -0.39 is 5.97 Å². The highest BCUT2D eigenvalue weighted by Crippen LogP contribution is 1.96. The number of carbonyl (C=O) groups is 2. The minimum absolute atomic E-state index is 0.00298. The van der Waals surface area contributed by atoms with Gasteiger partial charge in [0.25, 0.3) is 0 Å². The van der Waals surface area contributed by atoms with E-state index in [1.807, 2.05) is 0 Å². The highest BCUT2D eigenvalue weighted by Gasteiger charge is 2.08. The highest BCUT2D eigenvalue weighted by atomic mass is 16.5. The number of carbonyl (C=O) groups excluding carboxylic acids is 1. The van der Waals surface area contributed by atoms with Crippen LogP contribution in [0.5, 0.6) is 0 Å². The Balaban J connectivity index is 2.40. The van der Waals surface area contributed by atoms with Gasteiger partial charge in [-0.3, -0.25) is 9.48 Å². The molecule has 0 spiro atoms. The van der Waals surface area contributed by atoms with Crippen LogP contribution < -0.4 is 5.32 Å². The first-order chi connectivity index (χ1) is 7.63. The molecule has 0 aromatic carbocycles. The predicted molar refractivity (Wildman–Crippen MR) is 54.1 cm³/mol. The zero-order valence-electron chi connectivity index (χ0n) is 8.84. The fourth-order valence-electron chi connectivity index (χ4n) is 1.06. The van der Waals surface area contributed by atoms with Gasteiger partial charge in [-0.1, -0.05) is 0 Å². The Kier molecular flexibility index (Phi) is 4.46. The van der Waals surface area contributed by atoms with E-state index in [2.05, 4.69) is 10.4 Å². The maximum absolute atomic E-state index is 11.3. The second-order valence-electron chi connectivity index (χ2n) is 3.07. The number of carboxylic acids is 1. The topological polar surface area (TPSA) is 93.5 Å². The number of aromatic carboxylic acids is 1. The lowest BCUT2D eigenvalue weighted by Crippen LogP contribution is -2.30. The van der Waals surface area contributed by atoms with E-state index in [1.165, 1.54) is 17.1 Å². The molecule has 0 aliphatic rings. The first kappa shape index (κ1) is 12.2. The Morgan fingerprint density at radius 3 is 2.94 bits per heavy atom. The molecule has 1 heterocycles. The van der Waals surface area contributed by atoms with Crippen molar-refractivity contribution in [2.45, 2.75) is 6.54 Å². The largest absolute Gasteiger partial charge is 0.478 e. The molecule has 2 N–H and O–H groups in total. The quantitative estimate of drug-likeness (QED) is 0.629. The number of rotatable bonds is 6. The van der Waals surface area contributed by atoms with Gasteiger partial charge in [0, 0.05) is 19.9 Å². The molecule has 0 fully saturated rings. The highest BCUT2D eigenvalue weighted by molar-refractivity contribution is 5.87. The molecular weight excluding hydrogens is 214 g/mol. The van der Waals surface area contributed by atoms with Crippen molar-refractivity contribution in [3.05, 3.63) is 18.0 Å². The lowest BCUT2D eigenvalue weighted by atomic mass is 10.4. The summed E-state index contributed by atoms with van der Waals surface area (Å²) in [6.07, 6.45) is 2.50. The fourth-order valence-corrected chi connectivity index (χ4v) is 1.06. The van der Waals surface area contributed by atoms with E-state index in [-0.39, 0.29) is 18.0 Å². The van der Waals surface area contributed by atoms with Gasteiger partial charge in [0.15, 0.2) is 0 Å². The molecule has 0 aliphatic carbocycles. The van der Waals surface area contributed by atoms with Gasteiger partial charge in [-0.25, -0.2) is 4.79 Å². The molecule has 88 valence electrons. The van der Waals surface area contributed by atoms with Gasteiger partial charge in [0.2, 0.25) is 5.91 Å². The van der Waals surface area contributed by atoms with Crippen molar-refractivity contribution >= 4 is 11.9 Å². The maximum atomic E-state index is 11.3. The number of aromatic nitrogens is 2. The van der Waals surface area contributed by atoms with Crippen LogP contribution in [0, 0.1) is 0 Å². The van der Waals surface area contributed by atoms with E-state index in [0.29, 0.717) is 13.2 Å². The van der Waals surface area contributed by atoms with Crippen molar-refractivity contribution in [1.82, 2.24) is 15.1 Å². The van der Waals surface area contributed by atoms with Crippen molar-refractivity contribution in [3.8, 4) is 0 Å². The number of hydrogen-bond acceptors (Lipinski definition) is 4. The number of nitrogens with zero attached hydrogens (tertiary/aromatic N) is 2. The zero-order chi connectivity index (χ0) is 12.0. The number of methoxy groups -OCH3 is 1. The monoisotopic (exact) mass is 227 g/mol.